The zero-order valence-electron chi connectivity index (χ0n) is 14.9. The van der Waals surface area contributed by atoms with Crippen molar-refractivity contribution in [3.05, 3.63) is 65.5 Å². The van der Waals surface area contributed by atoms with Crippen molar-refractivity contribution in [1.82, 2.24) is 14.9 Å². The fourth-order valence-corrected chi connectivity index (χ4v) is 3.86. The van der Waals surface area contributed by atoms with Crippen molar-refractivity contribution >= 4 is 16.9 Å². The molecular formula is C21H21F2N3O. The summed E-state index contributed by atoms with van der Waals surface area (Å²) in [6.07, 6.45) is 6.37. The summed E-state index contributed by atoms with van der Waals surface area (Å²) < 4.78 is 26.3. The van der Waals surface area contributed by atoms with E-state index in [2.05, 4.69) is 16.0 Å². The molecule has 0 aliphatic carbocycles. The fourth-order valence-electron chi connectivity index (χ4n) is 3.86. The lowest BCUT2D eigenvalue weighted by Gasteiger charge is -2.32. The average Bonchev–Trinajstić information content (AvgIpc) is 3.13. The Morgan fingerprint density at radius 2 is 2.00 bits per heavy atom. The van der Waals surface area contributed by atoms with Gasteiger partial charge in [-0.1, -0.05) is 6.07 Å². The molecule has 1 fully saturated rings. The number of halogens is 2. The van der Waals surface area contributed by atoms with Crippen LogP contribution in [0.2, 0.25) is 0 Å². The molecule has 2 aromatic heterocycles. The highest BCUT2D eigenvalue weighted by Crippen LogP contribution is 2.32. The van der Waals surface area contributed by atoms with E-state index in [-0.39, 0.29) is 5.91 Å². The molecule has 0 saturated carbocycles. The van der Waals surface area contributed by atoms with Crippen molar-refractivity contribution < 1.29 is 13.6 Å². The summed E-state index contributed by atoms with van der Waals surface area (Å²) in [5.41, 5.74) is 2.81. The van der Waals surface area contributed by atoms with Crippen molar-refractivity contribution in [2.24, 2.45) is 0 Å². The molecule has 1 aliphatic rings. The maximum atomic E-state index is 13.3. The van der Waals surface area contributed by atoms with Gasteiger partial charge in [0.1, 0.15) is 5.65 Å². The lowest BCUT2D eigenvalue weighted by Crippen LogP contribution is -2.38. The first-order valence-electron chi connectivity index (χ1n) is 9.25. The maximum absolute atomic E-state index is 13.3. The highest BCUT2D eigenvalue weighted by atomic mass is 19.2. The first-order chi connectivity index (χ1) is 13.1. The predicted octanol–water partition coefficient (Wildman–Crippen LogP) is 4.18. The van der Waals surface area contributed by atoms with Gasteiger partial charge in [0.15, 0.2) is 11.6 Å². The second-order valence-corrected chi connectivity index (χ2v) is 7.05. The Hall–Kier alpha value is -2.76. The minimum atomic E-state index is -0.867. The number of H-pyrrole nitrogens is 1. The van der Waals surface area contributed by atoms with E-state index in [1.807, 2.05) is 17.2 Å². The van der Waals surface area contributed by atoms with Gasteiger partial charge in [-0.25, -0.2) is 13.8 Å². The van der Waals surface area contributed by atoms with Gasteiger partial charge in [0.2, 0.25) is 5.91 Å². The highest BCUT2D eigenvalue weighted by Gasteiger charge is 2.25. The minimum Gasteiger partial charge on any atom is -0.346 e. The van der Waals surface area contributed by atoms with E-state index in [1.54, 1.807) is 6.20 Å². The van der Waals surface area contributed by atoms with E-state index in [9.17, 15) is 13.6 Å². The van der Waals surface area contributed by atoms with Gasteiger partial charge in [0.25, 0.3) is 0 Å². The molecule has 3 aromatic rings. The molecule has 0 unspecified atom stereocenters. The molecule has 0 bridgehead atoms. The first kappa shape index (κ1) is 17.6. The van der Waals surface area contributed by atoms with Crippen molar-refractivity contribution in [3.8, 4) is 0 Å². The summed E-state index contributed by atoms with van der Waals surface area (Å²) in [6, 6.07) is 7.82. The molecule has 27 heavy (non-hydrogen) atoms. The molecule has 3 heterocycles. The van der Waals surface area contributed by atoms with Crippen LogP contribution in [0.5, 0.6) is 0 Å². The van der Waals surface area contributed by atoms with E-state index >= 15 is 0 Å². The van der Waals surface area contributed by atoms with E-state index in [1.165, 1.54) is 17.7 Å². The quantitative estimate of drug-likeness (QED) is 0.750. The lowest BCUT2D eigenvalue weighted by molar-refractivity contribution is -0.132. The van der Waals surface area contributed by atoms with E-state index < -0.39 is 11.6 Å². The summed E-state index contributed by atoms with van der Waals surface area (Å²) >= 11 is 0. The monoisotopic (exact) mass is 369 g/mol. The number of benzene rings is 1. The molecule has 4 rings (SSSR count). The second-order valence-electron chi connectivity index (χ2n) is 7.05. The van der Waals surface area contributed by atoms with Gasteiger partial charge in [-0.05, 0) is 60.6 Å². The number of likely N-dealkylation sites (tertiary alicyclic amines) is 1. The van der Waals surface area contributed by atoms with Crippen molar-refractivity contribution in [2.45, 2.75) is 31.6 Å². The summed E-state index contributed by atoms with van der Waals surface area (Å²) in [4.78, 5) is 21.9. The van der Waals surface area contributed by atoms with Crippen molar-refractivity contribution in [2.75, 3.05) is 13.1 Å². The van der Waals surface area contributed by atoms with Crippen LogP contribution >= 0.6 is 0 Å². The molecular weight excluding hydrogens is 348 g/mol. The number of nitrogens with zero attached hydrogens (tertiary/aromatic N) is 2. The van der Waals surface area contributed by atoms with E-state index in [4.69, 9.17) is 0 Å². The first-order valence-corrected chi connectivity index (χ1v) is 9.25. The highest BCUT2D eigenvalue weighted by molar-refractivity contribution is 5.80. The number of carbonyl (C=O) groups excluding carboxylic acids is 1. The molecule has 1 amide bonds. The SMILES string of the molecule is O=C(CCc1ccc(F)c(F)c1)N1CCC(c2c[nH]c3ncccc23)CC1. The summed E-state index contributed by atoms with van der Waals surface area (Å²) in [5.74, 6) is -1.24. The zero-order chi connectivity index (χ0) is 18.8. The standard InChI is InChI=1S/C21H21F2N3O/c22-18-5-3-14(12-19(18)23)4-6-20(27)26-10-7-15(8-11-26)17-13-25-21-16(17)2-1-9-24-21/h1-3,5,9,12-13,15H,4,6-8,10-11H2,(H,24,25). The molecule has 1 aromatic carbocycles. The topological polar surface area (TPSA) is 49.0 Å². The predicted molar refractivity (Wildman–Crippen MR) is 99.3 cm³/mol. The zero-order valence-corrected chi connectivity index (χ0v) is 14.9. The minimum absolute atomic E-state index is 0.0683. The Morgan fingerprint density at radius 1 is 1.19 bits per heavy atom. The number of amides is 1. The molecule has 0 atom stereocenters. The van der Waals surface area contributed by atoms with Crippen LogP contribution < -0.4 is 0 Å². The molecule has 0 radical (unpaired) electrons. The van der Waals surface area contributed by atoms with E-state index in [0.717, 1.165) is 29.9 Å². The van der Waals surface area contributed by atoms with Crippen LogP contribution in [0.15, 0.2) is 42.7 Å². The number of nitrogens with one attached hydrogen (secondary N) is 1. The molecule has 1 saturated heterocycles. The summed E-state index contributed by atoms with van der Waals surface area (Å²) in [7, 11) is 0. The smallest absolute Gasteiger partial charge is 0.222 e. The van der Waals surface area contributed by atoms with Crippen LogP contribution in [-0.2, 0) is 11.2 Å². The number of hydrogen-bond acceptors (Lipinski definition) is 2. The van der Waals surface area contributed by atoms with Gasteiger partial charge >= 0.3 is 0 Å². The van der Waals surface area contributed by atoms with Gasteiger partial charge in [0, 0.05) is 37.3 Å². The molecule has 1 N–H and O–H groups in total. The number of aryl methyl sites for hydroxylation is 1. The third kappa shape index (κ3) is 3.70. The largest absolute Gasteiger partial charge is 0.346 e. The number of piperidine rings is 1. The Bertz CT molecular complexity index is 961. The van der Waals surface area contributed by atoms with E-state index in [0.29, 0.717) is 37.4 Å². The summed E-state index contributed by atoms with van der Waals surface area (Å²) in [5, 5.41) is 1.15. The Labute approximate surface area is 156 Å². The third-order valence-corrected chi connectivity index (χ3v) is 5.38. The normalized spacial score (nSPS) is 15.4. The lowest BCUT2D eigenvalue weighted by atomic mass is 9.89. The Balaban J connectivity index is 1.33. The van der Waals surface area contributed by atoms with Crippen LogP contribution in [0.25, 0.3) is 11.0 Å². The number of pyridine rings is 1. The number of rotatable bonds is 4. The molecule has 6 heteroatoms. The average molecular weight is 369 g/mol. The number of carbonyl (C=O) groups is 1. The number of hydrogen-bond donors (Lipinski definition) is 1. The van der Waals surface area contributed by atoms with Crippen molar-refractivity contribution in [3.63, 3.8) is 0 Å². The van der Waals surface area contributed by atoms with Gasteiger partial charge in [0.05, 0.1) is 0 Å². The number of fused-ring (bicyclic) bond motifs is 1. The van der Waals surface area contributed by atoms with Gasteiger partial charge in [-0.15, -0.1) is 0 Å². The van der Waals surface area contributed by atoms with Crippen LogP contribution in [-0.4, -0.2) is 33.9 Å². The fraction of sp³-hybridized carbons (Fsp3) is 0.333. The van der Waals surface area contributed by atoms with Gasteiger partial charge < -0.3 is 9.88 Å². The maximum Gasteiger partial charge on any atom is 0.222 e. The van der Waals surface area contributed by atoms with Crippen LogP contribution in [0.1, 0.15) is 36.3 Å². The summed E-state index contributed by atoms with van der Waals surface area (Å²) in [6.45, 7) is 1.43. The van der Waals surface area contributed by atoms with Gasteiger partial charge in [-0.2, -0.15) is 0 Å². The Kier molecular flexibility index (Phi) is 4.88. The third-order valence-electron chi connectivity index (χ3n) is 5.38. The van der Waals surface area contributed by atoms with Crippen LogP contribution in [0.4, 0.5) is 8.78 Å². The molecule has 4 nitrogen and oxygen atoms in total. The number of aromatic nitrogens is 2. The van der Waals surface area contributed by atoms with Crippen LogP contribution in [0, 0.1) is 11.6 Å². The van der Waals surface area contributed by atoms with Crippen LogP contribution in [0.3, 0.4) is 0 Å². The molecule has 140 valence electrons. The molecule has 0 spiro atoms. The second kappa shape index (κ2) is 7.47. The van der Waals surface area contributed by atoms with Crippen molar-refractivity contribution in [1.29, 1.82) is 0 Å². The van der Waals surface area contributed by atoms with Gasteiger partial charge in [-0.3, -0.25) is 4.79 Å². The molecule has 1 aliphatic heterocycles. The number of aromatic amines is 1. The Morgan fingerprint density at radius 3 is 2.78 bits per heavy atom.